The first kappa shape index (κ1) is 14.1. The van der Waals surface area contributed by atoms with Gasteiger partial charge in [0.2, 0.25) is 0 Å². The maximum Gasteiger partial charge on any atom is 0.138 e. The number of anilines is 2. The van der Waals surface area contributed by atoms with Gasteiger partial charge in [-0.05, 0) is 40.5 Å². The van der Waals surface area contributed by atoms with Crippen molar-refractivity contribution in [2.45, 2.75) is 13.3 Å². The summed E-state index contributed by atoms with van der Waals surface area (Å²) in [5, 5.41) is 3.71. The number of halogens is 2. The highest BCUT2D eigenvalue weighted by atomic mass is 79.9. The molecule has 100 valence electrons. The Morgan fingerprint density at radius 3 is 2.79 bits per heavy atom. The second kappa shape index (κ2) is 6.21. The van der Waals surface area contributed by atoms with Crippen LogP contribution in [0.4, 0.5) is 11.5 Å². The molecule has 0 amide bonds. The Morgan fingerprint density at radius 2 is 2.16 bits per heavy atom. The first-order chi connectivity index (χ1) is 9.15. The van der Waals surface area contributed by atoms with Crippen LogP contribution in [0.2, 0.25) is 5.15 Å². The zero-order valence-corrected chi connectivity index (χ0v) is 12.9. The van der Waals surface area contributed by atoms with Crippen LogP contribution in [0.3, 0.4) is 0 Å². The molecule has 1 aromatic heterocycles. The summed E-state index contributed by atoms with van der Waals surface area (Å²) < 4.78 is 6.07. The average molecular weight is 343 g/mol. The molecular weight excluding hydrogens is 330 g/mol. The summed E-state index contributed by atoms with van der Waals surface area (Å²) in [7, 11) is 1.63. The molecule has 0 radical (unpaired) electrons. The minimum absolute atomic E-state index is 0.479. The quantitative estimate of drug-likeness (QED) is 0.846. The molecule has 0 aliphatic heterocycles. The number of hydrogen-bond donors (Lipinski definition) is 1. The topological polar surface area (TPSA) is 47.0 Å². The van der Waals surface area contributed by atoms with E-state index in [0.717, 1.165) is 33.7 Å². The molecular formula is C13H13BrClN3O. The number of benzene rings is 1. The largest absolute Gasteiger partial charge is 0.496 e. The minimum atomic E-state index is 0.479. The fourth-order valence-corrected chi connectivity index (χ4v) is 2.50. The normalized spacial score (nSPS) is 10.3. The Bertz CT molecular complexity index is 592. The molecule has 1 N–H and O–H groups in total. The molecule has 0 aliphatic carbocycles. The fraction of sp³-hybridized carbons (Fsp3) is 0.231. The molecule has 0 atom stereocenters. The third-order valence-corrected chi connectivity index (χ3v) is 3.61. The van der Waals surface area contributed by atoms with Gasteiger partial charge in [0.15, 0.2) is 0 Å². The van der Waals surface area contributed by atoms with E-state index >= 15 is 0 Å². The minimum Gasteiger partial charge on any atom is -0.496 e. The smallest absolute Gasteiger partial charge is 0.138 e. The molecule has 0 saturated carbocycles. The molecule has 19 heavy (non-hydrogen) atoms. The highest BCUT2D eigenvalue weighted by Crippen LogP contribution is 2.30. The van der Waals surface area contributed by atoms with Crippen LogP contribution in [0, 0.1) is 0 Å². The standard InChI is InChI=1S/C13H13BrClN3O/c1-3-9-12(15)16-7-17-13(9)18-8-4-5-11(19-2)10(14)6-8/h4-7H,3H2,1-2H3,(H,16,17,18). The lowest BCUT2D eigenvalue weighted by atomic mass is 10.2. The van der Waals surface area contributed by atoms with E-state index in [1.54, 1.807) is 7.11 Å². The van der Waals surface area contributed by atoms with Gasteiger partial charge in [-0.1, -0.05) is 18.5 Å². The van der Waals surface area contributed by atoms with Crippen molar-refractivity contribution in [3.05, 3.63) is 39.7 Å². The van der Waals surface area contributed by atoms with E-state index in [-0.39, 0.29) is 0 Å². The molecule has 2 aromatic rings. The highest BCUT2D eigenvalue weighted by Gasteiger charge is 2.09. The third kappa shape index (κ3) is 3.16. The number of nitrogens with zero attached hydrogens (tertiary/aromatic N) is 2. The number of aromatic nitrogens is 2. The lowest BCUT2D eigenvalue weighted by Crippen LogP contribution is -2.00. The second-order valence-electron chi connectivity index (χ2n) is 3.82. The van der Waals surface area contributed by atoms with Crippen LogP contribution >= 0.6 is 27.5 Å². The summed E-state index contributed by atoms with van der Waals surface area (Å²) in [5.74, 6) is 1.50. The molecule has 6 heteroatoms. The Morgan fingerprint density at radius 1 is 1.37 bits per heavy atom. The predicted octanol–water partition coefficient (Wildman–Crippen LogP) is 4.21. The van der Waals surface area contributed by atoms with E-state index in [2.05, 4.69) is 31.2 Å². The maximum absolute atomic E-state index is 6.05. The lowest BCUT2D eigenvalue weighted by Gasteiger charge is -2.11. The van der Waals surface area contributed by atoms with E-state index in [1.807, 2.05) is 25.1 Å². The number of ether oxygens (including phenoxy) is 1. The molecule has 0 spiro atoms. The Kier molecular flexibility index (Phi) is 4.61. The van der Waals surface area contributed by atoms with Gasteiger partial charge in [-0.3, -0.25) is 0 Å². The summed E-state index contributed by atoms with van der Waals surface area (Å²) in [5.41, 5.74) is 1.80. The molecule has 1 aromatic carbocycles. The van der Waals surface area contributed by atoms with Crippen molar-refractivity contribution >= 4 is 39.0 Å². The van der Waals surface area contributed by atoms with Crippen LogP contribution in [0.25, 0.3) is 0 Å². The van der Waals surface area contributed by atoms with Crippen LogP contribution < -0.4 is 10.1 Å². The van der Waals surface area contributed by atoms with Crippen molar-refractivity contribution in [1.29, 1.82) is 0 Å². The summed E-state index contributed by atoms with van der Waals surface area (Å²) in [6.07, 6.45) is 2.21. The lowest BCUT2D eigenvalue weighted by molar-refractivity contribution is 0.412. The van der Waals surface area contributed by atoms with Crippen molar-refractivity contribution in [1.82, 2.24) is 9.97 Å². The van der Waals surface area contributed by atoms with Crippen molar-refractivity contribution in [2.75, 3.05) is 12.4 Å². The zero-order valence-electron chi connectivity index (χ0n) is 10.6. The van der Waals surface area contributed by atoms with Crippen LogP contribution in [-0.4, -0.2) is 17.1 Å². The Hall–Kier alpha value is -1.33. The van der Waals surface area contributed by atoms with Crippen LogP contribution in [0.5, 0.6) is 5.75 Å². The zero-order chi connectivity index (χ0) is 13.8. The van der Waals surface area contributed by atoms with Crippen molar-refractivity contribution in [3.63, 3.8) is 0 Å². The predicted molar refractivity (Wildman–Crippen MR) is 80.4 cm³/mol. The average Bonchev–Trinajstić information content (AvgIpc) is 2.39. The van der Waals surface area contributed by atoms with Gasteiger partial charge in [0.05, 0.1) is 11.6 Å². The van der Waals surface area contributed by atoms with Gasteiger partial charge < -0.3 is 10.1 Å². The molecule has 0 unspecified atom stereocenters. The van der Waals surface area contributed by atoms with Gasteiger partial charge in [0.25, 0.3) is 0 Å². The first-order valence-corrected chi connectivity index (χ1v) is 6.92. The molecule has 0 aliphatic rings. The summed E-state index contributed by atoms with van der Waals surface area (Å²) in [6.45, 7) is 2.01. The SMILES string of the molecule is CCc1c(Cl)ncnc1Nc1ccc(OC)c(Br)c1. The molecule has 0 bridgehead atoms. The second-order valence-corrected chi connectivity index (χ2v) is 5.03. The number of rotatable bonds is 4. The molecule has 2 rings (SSSR count). The van der Waals surface area contributed by atoms with Gasteiger partial charge in [-0.2, -0.15) is 0 Å². The van der Waals surface area contributed by atoms with Crippen LogP contribution in [0.1, 0.15) is 12.5 Å². The van der Waals surface area contributed by atoms with Gasteiger partial charge in [-0.15, -0.1) is 0 Å². The maximum atomic E-state index is 6.05. The van der Waals surface area contributed by atoms with E-state index in [4.69, 9.17) is 16.3 Å². The van der Waals surface area contributed by atoms with Crippen molar-refractivity contribution < 1.29 is 4.74 Å². The number of methoxy groups -OCH3 is 1. The van der Waals surface area contributed by atoms with E-state index in [0.29, 0.717) is 5.15 Å². The van der Waals surface area contributed by atoms with Gasteiger partial charge >= 0.3 is 0 Å². The molecule has 4 nitrogen and oxygen atoms in total. The molecule has 0 fully saturated rings. The van der Waals surface area contributed by atoms with Crippen LogP contribution in [0.15, 0.2) is 29.0 Å². The van der Waals surface area contributed by atoms with Gasteiger partial charge in [0, 0.05) is 11.3 Å². The first-order valence-electron chi connectivity index (χ1n) is 5.75. The summed E-state index contributed by atoms with van der Waals surface area (Å²) >= 11 is 9.50. The van der Waals surface area contributed by atoms with Crippen LogP contribution in [-0.2, 0) is 6.42 Å². The van der Waals surface area contributed by atoms with Crippen molar-refractivity contribution in [3.8, 4) is 5.75 Å². The highest BCUT2D eigenvalue weighted by molar-refractivity contribution is 9.10. The molecule has 0 saturated heterocycles. The monoisotopic (exact) mass is 341 g/mol. The third-order valence-electron chi connectivity index (χ3n) is 2.66. The molecule has 1 heterocycles. The van der Waals surface area contributed by atoms with E-state index < -0.39 is 0 Å². The Labute approximate surface area is 125 Å². The number of nitrogens with one attached hydrogen (secondary N) is 1. The summed E-state index contributed by atoms with van der Waals surface area (Å²) in [6, 6.07) is 5.72. The van der Waals surface area contributed by atoms with Crippen molar-refractivity contribution in [2.24, 2.45) is 0 Å². The Balaban J connectivity index is 2.31. The summed E-state index contributed by atoms with van der Waals surface area (Å²) in [4.78, 5) is 8.21. The van der Waals surface area contributed by atoms with E-state index in [1.165, 1.54) is 6.33 Å². The van der Waals surface area contributed by atoms with Gasteiger partial charge in [0.1, 0.15) is 23.0 Å². The number of hydrogen-bond acceptors (Lipinski definition) is 4. The fourth-order valence-electron chi connectivity index (χ4n) is 1.69. The van der Waals surface area contributed by atoms with Gasteiger partial charge in [-0.25, -0.2) is 9.97 Å². The van der Waals surface area contributed by atoms with E-state index in [9.17, 15) is 0 Å².